The Morgan fingerprint density at radius 1 is 1.32 bits per heavy atom. The first kappa shape index (κ1) is 18.9. The summed E-state index contributed by atoms with van der Waals surface area (Å²) in [6.45, 7) is 0. The highest BCUT2D eigenvalue weighted by Gasteiger charge is 2.51. The van der Waals surface area contributed by atoms with Gasteiger partial charge in [-0.15, -0.1) is 11.8 Å². The van der Waals surface area contributed by atoms with E-state index in [1.165, 1.54) is 16.7 Å². The van der Waals surface area contributed by atoms with E-state index in [9.17, 15) is 15.2 Å². The van der Waals surface area contributed by atoms with Gasteiger partial charge in [-0.2, -0.15) is 5.26 Å². The largest absolute Gasteiger partial charge is 0.497 e. The van der Waals surface area contributed by atoms with Gasteiger partial charge in [0, 0.05) is 22.9 Å². The third kappa shape index (κ3) is 2.96. The van der Waals surface area contributed by atoms with Gasteiger partial charge in [-0.1, -0.05) is 35.9 Å². The number of benzene rings is 2. The minimum absolute atomic E-state index is 0.107. The number of carbonyl (C=O) groups excluding carboxylic acids is 1. The summed E-state index contributed by atoms with van der Waals surface area (Å²) < 4.78 is 5.28. The molecule has 7 heteroatoms. The SMILES string of the molecule is COc1cccc([C@@H]2CC(=O)N3C(=C2C#N)SC[C@@]3(O)c2ccc(Cl)cc2)c1. The lowest BCUT2D eigenvalue weighted by Gasteiger charge is -2.38. The maximum atomic E-state index is 13.1. The van der Waals surface area contributed by atoms with Gasteiger partial charge in [0.1, 0.15) is 5.75 Å². The van der Waals surface area contributed by atoms with Crippen LogP contribution in [0.15, 0.2) is 59.1 Å². The fourth-order valence-corrected chi connectivity index (χ4v) is 5.18. The quantitative estimate of drug-likeness (QED) is 0.825. The second-order valence-electron chi connectivity index (χ2n) is 6.71. The molecule has 2 heterocycles. The number of hydrogen-bond donors (Lipinski definition) is 1. The van der Waals surface area contributed by atoms with Crippen molar-refractivity contribution in [1.29, 1.82) is 5.26 Å². The average molecular weight is 413 g/mol. The van der Waals surface area contributed by atoms with Crippen molar-refractivity contribution in [2.24, 2.45) is 0 Å². The second-order valence-corrected chi connectivity index (χ2v) is 8.11. The van der Waals surface area contributed by atoms with Crippen molar-refractivity contribution in [2.45, 2.75) is 18.1 Å². The number of ether oxygens (including phenoxy) is 1. The van der Waals surface area contributed by atoms with Crippen molar-refractivity contribution in [3.63, 3.8) is 0 Å². The zero-order valence-electron chi connectivity index (χ0n) is 15.1. The van der Waals surface area contributed by atoms with Gasteiger partial charge < -0.3 is 9.84 Å². The summed E-state index contributed by atoms with van der Waals surface area (Å²) in [4.78, 5) is 14.5. The van der Waals surface area contributed by atoms with Gasteiger partial charge in [0.2, 0.25) is 5.91 Å². The summed E-state index contributed by atoms with van der Waals surface area (Å²) in [6, 6.07) is 16.4. The van der Waals surface area contributed by atoms with Gasteiger partial charge in [0.15, 0.2) is 5.72 Å². The van der Waals surface area contributed by atoms with Crippen LogP contribution in [0.4, 0.5) is 0 Å². The smallest absolute Gasteiger partial charge is 0.231 e. The molecule has 1 N–H and O–H groups in total. The molecular weight excluding hydrogens is 396 g/mol. The Balaban J connectivity index is 1.79. The van der Waals surface area contributed by atoms with E-state index in [0.717, 1.165) is 5.56 Å². The molecular formula is C21H17ClN2O3S. The van der Waals surface area contributed by atoms with E-state index in [0.29, 0.717) is 26.9 Å². The van der Waals surface area contributed by atoms with Crippen LogP contribution in [0, 0.1) is 11.3 Å². The van der Waals surface area contributed by atoms with Gasteiger partial charge in [-0.3, -0.25) is 9.69 Å². The number of nitriles is 1. The minimum Gasteiger partial charge on any atom is -0.497 e. The lowest BCUT2D eigenvalue weighted by atomic mass is 9.85. The number of nitrogens with zero attached hydrogens (tertiary/aromatic N) is 2. The van der Waals surface area contributed by atoms with Crippen molar-refractivity contribution in [3.8, 4) is 11.8 Å². The van der Waals surface area contributed by atoms with Crippen molar-refractivity contribution in [3.05, 3.63) is 75.3 Å². The van der Waals surface area contributed by atoms with Crippen molar-refractivity contribution in [1.82, 2.24) is 4.90 Å². The van der Waals surface area contributed by atoms with E-state index >= 15 is 0 Å². The molecule has 0 unspecified atom stereocenters. The molecule has 0 spiro atoms. The molecule has 2 aliphatic heterocycles. The summed E-state index contributed by atoms with van der Waals surface area (Å²) in [5.41, 5.74) is 0.412. The van der Waals surface area contributed by atoms with Gasteiger partial charge in [0.25, 0.3) is 0 Å². The molecule has 5 nitrogen and oxygen atoms in total. The predicted molar refractivity (Wildman–Crippen MR) is 108 cm³/mol. The summed E-state index contributed by atoms with van der Waals surface area (Å²) in [6.07, 6.45) is 0.107. The van der Waals surface area contributed by atoms with Crippen LogP contribution in [0.25, 0.3) is 0 Å². The topological polar surface area (TPSA) is 73.6 Å². The lowest BCUT2D eigenvalue weighted by Crippen LogP contribution is -2.48. The van der Waals surface area contributed by atoms with Crippen LogP contribution in [0.3, 0.4) is 0 Å². The molecule has 28 heavy (non-hydrogen) atoms. The van der Waals surface area contributed by atoms with E-state index in [1.54, 1.807) is 31.4 Å². The number of halogens is 1. The number of rotatable bonds is 3. The Bertz CT molecular complexity index is 1020. The molecule has 0 aliphatic carbocycles. The van der Waals surface area contributed by atoms with Gasteiger partial charge in [-0.25, -0.2) is 0 Å². The zero-order valence-corrected chi connectivity index (χ0v) is 16.6. The summed E-state index contributed by atoms with van der Waals surface area (Å²) >= 11 is 7.28. The first-order valence-electron chi connectivity index (χ1n) is 8.70. The van der Waals surface area contributed by atoms with Crippen LogP contribution in [-0.2, 0) is 10.5 Å². The highest BCUT2D eigenvalue weighted by Crippen LogP contribution is 2.51. The third-order valence-corrected chi connectivity index (χ3v) is 6.59. The Labute approximate surface area is 172 Å². The second kappa shape index (κ2) is 7.17. The highest BCUT2D eigenvalue weighted by molar-refractivity contribution is 8.03. The van der Waals surface area contributed by atoms with Gasteiger partial charge in [0.05, 0.1) is 29.5 Å². The van der Waals surface area contributed by atoms with Crippen LogP contribution in [0.1, 0.15) is 23.5 Å². The van der Waals surface area contributed by atoms with Crippen LogP contribution >= 0.6 is 23.4 Å². The molecule has 0 aromatic heterocycles. The van der Waals surface area contributed by atoms with E-state index in [-0.39, 0.29) is 24.0 Å². The Hall–Kier alpha value is -2.46. The van der Waals surface area contributed by atoms with E-state index in [4.69, 9.17) is 16.3 Å². The number of amides is 1. The molecule has 0 bridgehead atoms. The standard InChI is InChI=1S/C21H17ClN2O3S/c1-27-16-4-2-3-13(9-16)17-10-19(25)24-20(18(17)11-23)28-12-21(24,26)14-5-7-15(22)8-6-14/h2-9,17,26H,10,12H2,1H3/t17-,21+/m0/s1. The van der Waals surface area contributed by atoms with Crippen molar-refractivity contribution >= 4 is 29.3 Å². The predicted octanol–water partition coefficient (Wildman–Crippen LogP) is 3.99. The molecule has 2 aromatic carbocycles. The average Bonchev–Trinajstić information content (AvgIpc) is 3.07. The Kier molecular flexibility index (Phi) is 4.84. The zero-order chi connectivity index (χ0) is 19.9. The maximum absolute atomic E-state index is 13.1. The summed E-state index contributed by atoms with van der Waals surface area (Å²) in [7, 11) is 1.58. The highest BCUT2D eigenvalue weighted by atomic mass is 35.5. The fourth-order valence-electron chi connectivity index (χ4n) is 3.70. The third-order valence-electron chi connectivity index (χ3n) is 5.11. The Morgan fingerprint density at radius 2 is 2.07 bits per heavy atom. The van der Waals surface area contributed by atoms with Crippen molar-refractivity contribution < 1.29 is 14.6 Å². The molecule has 0 saturated carbocycles. The first-order valence-corrected chi connectivity index (χ1v) is 10.1. The van der Waals surface area contributed by atoms with Crippen LogP contribution in [0.2, 0.25) is 5.02 Å². The lowest BCUT2D eigenvalue weighted by molar-refractivity contribution is -0.149. The molecule has 2 aliphatic rings. The van der Waals surface area contributed by atoms with E-state index < -0.39 is 5.72 Å². The fraction of sp³-hybridized carbons (Fsp3) is 0.238. The molecule has 2 aromatic rings. The maximum Gasteiger partial charge on any atom is 0.231 e. The van der Waals surface area contributed by atoms with Crippen LogP contribution < -0.4 is 4.74 Å². The molecule has 1 saturated heterocycles. The number of fused-ring (bicyclic) bond motifs is 1. The number of allylic oxidation sites excluding steroid dienone is 1. The van der Waals surface area contributed by atoms with Crippen molar-refractivity contribution in [2.75, 3.05) is 12.9 Å². The summed E-state index contributed by atoms with van der Waals surface area (Å²) in [5.74, 6) is 0.348. The van der Waals surface area contributed by atoms with Crippen LogP contribution in [-0.4, -0.2) is 28.8 Å². The molecule has 1 amide bonds. The number of hydrogen-bond acceptors (Lipinski definition) is 5. The molecule has 0 radical (unpaired) electrons. The normalized spacial score (nSPS) is 24.1. The molecule has 2 atom stereocenters. The van der Waals surface area contributed by atoms with Crippen LogP contribution in [0.5, 0.6) is 5.75 Å². The number of carbonyl (C=O) groups is 1. The van der Waals surface area contributed by atoms with E-state index in [2.05, 4.69) is 6.07 Å². The Morgan fingerprint density at radius 3 is 2.75 bits per heavy atom. The minimum atomic E-state index is -1.50. The molecule has 1 fully saturated rings. The van der Waals surface area contributed by atoms with Gasteiger partial charge in [-0.05, 0) is 29.8 Å². The van der Waals surface area contributed by atoms with Gasteiger partial charge >= 0.3 is 0 Å². The number of aliphatic hydroxyl groups is 1. The molecule has 142 valence electrons. The number of methoxy groups -OCH3 is 1. The monoisotopic (exact) mass is 412 g/mol. The number of thioether (sulfide) groups is 1. The summed E-state index contributed by atoms with van der Waals surface area (Å²) in [5, 5.41) is 22.3. The first-order chi connectivity index (χ1) is 13.5. The molecule has 4 rings (SSSR count). The van der Waals surface area contributed by atoms with E-state index in [1.807, 2.05) is 24.3 Å².